The minimum Gasteiger partial charge on any atom is -0.418 e. The van der Waals surface area contributed by atoms with Crippen molar-refractivity contribution in [2.24, 2.45) is 0 Å². The predicted molar refractivity (Wildman–Crippen MR) is 53.2 cm³/mol. The summed E-state index contributed by atoms with van der Waals surface area (Å²) in [6, 6.07) is 10.3. The van der Waals surface area contributed by atoms with Gasteiger partial charge in [0.25, 0.3) is 0 Å². The van der Waals surface area contributed by atoms with Crippen molar-refractivity contribution in [3.05, 3.63) is 48.6 Å². The summed E-state index contributed by atoms with van der Waals surface area (Å²) in [5.74, 6) is 0. The topological polar surface area (TPSA) is 47.6 Å². The highest BCUT2D eigenvalue weighted by Gasteiger charge is 2.20. The highest BCUT2D eigenvalue weighted by Crippen LogP contribution is 2.06. The first kappa shape index (κ1) is 16.6. The standard InChI is InChI=1S/C9H10.BF4.N2/c1-2-6-9-7-4-3-5-8-9;2-1(3,4)5;1-2/h2-5,7-8H,1,6H2;;/q;-1;/p+1. The van der Waals surface area contributed by atoms with Crippen molar-refractivity contribution in [1.82, 2.24) is 0 Å². The Labute approximate surface area is 91.1 Å². The summed E-state index contributed by atoms with van der Waals surface area (Å²) in [7, 11) is -6.00. The minimum absolute atomic E-state index is 0.973. The molecule has 0 aromatic heterocycles. The lowest BCUT2D eigenvalue weighted by Crippen LogP contribution is -2.11. The average Bonchev–Trinajstić information content (AvgIpc) is 2.20. The number of halogens is 4. The Balaban J connectivity index is 0. The van der Waals surface area contributed by atoms with Crippen LogP contribution >= 0.6 is 0 Å². The van der Waals surface area contributed by atoms with Crippen LogP contribution in [0.2, 0.25) is 0 Å². The van der Waals surface area contributed by atoms with Gasteiger partial charge in [0.1, 0.15) is 0 Å². The van der Waals surface area contributed by atoms with Crippen LogP contribution in [0.1, 0.15) is 5.56 Å². The van der Waals surface area contributed by atoms with E-state index >= 15 is 0 Å². The Morgan fingerprint density at radius 3 is 1.81 bits per heavy atom. The molecule has 0 atom stereocenters. The molecule has 0 aliphatic rings. The maximum absolute atomic E-state index is 9.75. The van der Waals surface area contributed by atoms with Crippen LogP contribution in [0.4, 0.5) is 17.3 Å². The van der Waals surface area contributed by atoms with E-state index in [0.717, 1.165) is 6.42 Å². The summed E-state index contributed by atoms with van der Waals surface area (Å²) in [5.41, 5.74) is 1.33. The van der Waals surface area contributed by atoms with E-state index in [0.29, 0.717) is 0 Å². The van der Waals surface area contributed by atoms with Crippen molar-refractivity contribution in [3.8, 4) is 0 Å². The summed E-state index contributed by atoms with van der Waals surface area (Å²) < 4.78 is 39.0. The molecule has 2 nitrogen and oxygen atoms in total. The lowest BCUT2D eigenvalue weighted by molar-refractivity contribution is -0.175. The lowest BCUT2D eigenvalue weighted by atomic mass is 10.2. The van der Waals surface area contributed by atoms with Gasteiger partial charge < -0.3 is 17.3 Å². The Bertz CT molecular complexity index is 291. The van der Waals surface area contributed by atoms with Gasteiger partial charge in [-0.15, -0.1) is 6.58 Å². The molecular weight excluding hydrogens is 223 g/mol. The van der Waals surface area contributed by atoms with E-state index in [-0.39, 0.29) is 0 Å². The number of nitrogens with zero attached hydrogens (tertiary/aromatic N) is 1. The second-order valence-electron chi connectivity index (χ2n) is 2.47. The highest BCUT2D eigenvalue weighted by molar-refractivity contribution is 6.50. The van der Waals surface area contributed by atoms with E-state index in [1.807, 2.05) is 24.3 Å². The first-order valence-corrected chi connectivity index (χ1v) is 4.18. The van der Waals surface area contributed by atoms with E-state index in [4.69, 9.17) is 10.8 Å². The van der Waals surface area contributed by atoms with Crippen molar-refractivity contribution in [3.63, 3.8) is 0 Å². The lowest BCUT2D eigenvalue weighted by Gasteiger charge is -1.94. The summed E-state index contributed by atoms with van der Waals surface area (Å²) in [4.78, 5) is 0. The fraction of sp³-hybridized carbons (Fsp3) is 0.111. The van der Waals surface area contributed by atoms with Gasteiger partial charge in [-0.25, -0.2) is 0 Å². The highest BCUT2D eigenvalue weighted by atomic mass is 19.5. The molecule has 1 N–H and O–H groups in total. The molecule has 0 spiro atoms. The molecule has 0 amide bonds. The van der Waals surface area contributed by atoms with Gasteiger partial charge in [0.05, 0.1) is 5.39 Å². The van der Waals surface area contributed by atoms with Crippen molar-refractivity contribution in [1.29, 1.82) is 5.39 Å². The fourth-order valence-corrected chi connectivity index (χ4v) is 0.781. The van der Waals surface area contributed by atoms with Crippen LogP contribution in [0.25, 0.3) is 0 Å². The maximum atomic E-state index is 9.75. The number of nitrogens with one attached hydrogen (secondary N) is 1. The third-order valence-electron chi connectivity index (χ3n) is 1.22. The minimum atomic E-state index is -6.00. The molecule has 16 heavy (non-hydrogen) atoms. The molecule has 0 bridgehead atoms. The molecule has 0 fully saturated rings. The average molecular weight is 234 g/mol. The molecule has 88 valence electrons. The predicted octanol–water partition coefficient (Wildman–Crippen LogP) is 1.99. The number of hydrogen-bond donors (Lipinski definition) is 1. The van der Waals surface area contributed by atoms with Gasteiger partial charge in [0.2, 0.25) is 5.39 Å². The molecular formula is C9H11BF4N2. The van der Waals surface area contributed by atoms with Crippen molar-refractivity contribution < 1.29 is 22.7 Å². The molecule has 0 saturated carbocycles. The first-order chi connectivity index (χ1) is 7.43. The van der Waals surface area contributed by atoms with Crippen molar-refractivity contribution in [2.45, 2.75) is 6.42 Å². The molecule has 1 aromatic carbocycles. The summed E-state index contributed by atoms with van der Waals surface area (Å²) in [6.45, 7) is 3.66. The fourth-order valence-electron chi connectivity index (χ4n) is 0.781. The Morgan fingerprint density at radius 2 is 1.50 bits per heavy atom. The van der Waals surface area contributed by atoms with Crippen molar-refractivity contribution >= 4 is 7.25 Å². The Hall–Kier alpha value is -1.84. The largest absolute Gasteiger partial charge is 0.673 e. The molecule has 7 heteroatoms. The zero-order valence-electron chi connectivity index (χ0n) is 8.41. The SMILES string of the molecule is C=CCc1ccccc1.F[B-](F)(F)F.N#[NH+]. The Morgan fingerprint density at radius 1 is 1.12 bits per heavy atom. The molecule has 1 aromatic rings. The van der Waals surface area contributed by atoms with Crippen LogP contribution < -0.4 is 5.39 Å². The molecule has 0 saturated heterocycles. The number of benzene rings is 1. The van der Waals surface area contributed by atoms with E-state index < -0.39 is 7.25 Å². The van der Waals surface area contributed by atoms with Crippen LogP contribution in [0, 0.1) is 5.39 Å². The third-order valence-corrected chi connectivity index (χ3v) is 1.22. The van der Waals surface area contributed by atoms with Gasteiger partial charge in [0.15, 0.2) is 0 Å². The second-order valence-corrected chi connectivity index (χ2v) is 2.47. The quantitative estimate of drug-likeness (QED) is 0.361. The van der Waals surface area contributed by atoms with E-state index in [1.165, 1.54) is 5.56 Å². The zero-order valence-corrected chi connectivity index (χ0v) is 8.41. The van der Waals surface area contributed by atoms with Crippen LogP contribution in [0.15, 0.2) is 43.0 Å². The molecule has 0 unspecified atom stereocenters. The van der Waals surface area contributed by atoms with Crippen LogP contribution in [0.3, 0.4) is 0 Å². The molecule has 0 aliphatic heterocycles. The van der Waals surface area contributed by atoms with Gasteiger partial charge in [-0.1, -0.05) is 36.4 Å². The molecule has 0 aliphatic carbocycles. The number of rotatable bonds is 2. The monoisotopic (exact) mass is 234 g/mol. The van der Waals surface area contributed by atoms with Gasteiger partial charge in [0, 0.05) is 0 Å². The van der Waals surface area contributed by atoms with Crippen LogP contribution in [-0.4, -0.2) is 7.25 Å². The van der Waals surface area contributed by atoms with E-state index in [2.05, 4.69) is 18.7 Å². The van der Waals surface area contributed by atoms with Crippen LogP contribution in [0.5, 0.6) is 0 Å². The molecule has 1 rings (SSSR count). The zero-order chi connectivity index (χ0) is 13.0. The van der Waals surface area contributed by atoms with Gasteiger partial charge in [-0.3, -0.25) is 0 Å². The summed E-state index contributed by atoms with van der Waals surface area (Å²) in [6.07, 6.45) is 2.89. The number of hydrogen-bond acceptors (Lipinski definition) is 1. The summed E-state index contributed by atoms with van der Waals surface area (Å²) in [5, 5.41) is 11.0. The van der Waals surface area contributed by atoms with Gasteiger partial charge >= 0.3 is 7.25 Å². The molecule has 0 radical (unpaired) electrons. The number of diazo groups is 1. The number of allylic oxidation sites excluding steroid dienone is 1. The second kappa shape index (κ2) is 9.71. The normalized spacial score (nSPS) is 8.88. The third kappa shape index (κ3) is 18.1. The Kier molecular flexibility index (Phi) is 10.1. The smallest absolute Gasteiger partial charge is 0.418 e. The maximum Gasteiger partial charge on any atom is 0.673 e. The molecule has 0 heterocycles. The van der Waals surface area contributed by atoms with Gasteiger partial charge in [-0.05, 0) is 12.0 Å². The first-order valence-electron chi connectivity index (χ1n) is 4.18. The van der Waals surface area contributed by atoms with E-state index in [1.54, 1.807) is 0 Å². The van der Waals surface area contributed by atoms with Crippen LogP contribution in [-0.2, 0) is 6.42 Å². The van der Waals surface area contributed by atoms with E-state index in [9.17, 15) is 17.3 Å². The van der Waals surface area contributed by atoms with Crippen molar-refractivity contribution in [2.75, 3.05) is 0 Å². The summed E-state index contributed by atoms with van der Waals surface area (Å²) >= 11 is 0. The van der Waals surface area contributed by atoms with Gasteiger partial charge in [-0.2, -0.15) is 0 Å².